The summed E-state index contributed by atoms with van der Waals surface area (Å²) in [5.41, 5.74) is 0. The van der Waals surface area contributed by atoms with Crippen LogP contribution in [0.2, 0.25) is 0 Å². The average molecular weight is 200 g/mol. The van der Waals surface area contributed by atoms with E-state index in [4.69, 9.17) is 4.74 Å². The van der Waals surface area contributed by atoms with Crippen LogP contribution in [0.3, 0.4) is 0 Å². The molecule has 0 fully saturated rings. The maximum absolute atomic E-state index is 11.2. The summed E-state index contributed by atoms with van der Waals surface area (Å²) in [4.78, 5) is 11.2. The number of carbonyl (C=O) groups excluding carboxylic acids is 1. The Morgan fingerprint density at radius 3 is 2.36 bits per heavy atom. The van der Waals surface area contributed by atoms with Gasteiger partial charge in [0.1, 0.15) is 0 Å². The number of hydrogen-bond acceptors (Lipinski definition) is 2. The van der Waals surface area contributed by atoms with Gasteiger partial charge in [-0.2, -0.15) is 0 Å². The van der Waals surface area contributed by atoms with Crippen molar-refractivity contribution in [2.24, 2.45) is 11.8 Å². The summed E-state index contributed by atoms with van der Waals surface area (Å²) in [6.45, 7) is 8.94. The maximum Gasteiger partial charge on any atom is 0.308 e. The Morgan fingerprint density at radius 1 is 1.21 bits per heavy atom. The highest BCUT2D eigenvalue weighted by atomic mass is 16.5. The van der Waals surface area contributed by atoms with Gasteiger partial charge in [-0.1, -0.05) is 34.1 Å². The average Bonchev–Trinajstić information content (AvgIpc) is 2.15. The van der Waals surface area contributed by atoms with Crippen molar-refractivity contribution in [1.82, 2.24) is 0 Å². The Bertz CT molecular complexity index is 152. The highest BCUT2D eigenvalue weighted by molar-refractivity contribution is 5.71. The molecule has 0 bridgehead atoms. The molecule has 0 N–H and O–H groups in total. The second-order valence-corrected chi connectivity index (χ2v) is 4.37. The molecule has 0 aromatic rings. The highest BCUT2D eigenvalue weighted by Gasteiger charge is 2.10. The lowest BCUT2D eigenvalue weighted by atomic mass is 10.1. The van der Waals surface area contributed by atoms with Gasteiger partial charge in [-0.05, 0) is 25.2 Å². The predicted octanol–water partition coefficient (Wildman–Crippen LogP) is 3.40. The number of rotatable bonds is 7. The number of esters is 1. The minimum absolute atomic E-state index is 0.0444. The zero-order valence-corrected chi connectivity index (χ0v) is 10.0. The smallest absolute Gasteiger partial charge is 0.308 e. The van der Waals surface area contributed by atoms with Crippen LogP contribution in [0.15, 0.2) is 0 Å². The molecule has 1 atom stereocenters. The summed E-state index contributed by atoms with van der Waals surface area (Å²) in [7, 11) is 0. The largest absolute Gasteiger partial charge is 0.465 e. The van der Waals surface area contributed by atoms with Gasteiger partial charge in [-0.25, -0.2) is 0 Å². The minimum atomic E-state index is -0.0444. The summed E-state index contributed by atoms with van der Waals surface area (Å²) in [6, 6.07) is 0. The third-order valence-electron chi connectivity index (χ3n) is 2.43. The summed E-state index contributed by atoms with van der Waals surface area (Å²) < 4.78 is 5.14. The van der Waals surface area contributed by atoms with Crippen LogP contribution in [-0.2, 0) is 9.53 Å². The summed E-state index contributed by atoms with van der Waals surface area (Å²) >= 11 is 0. The van der Waals surface area contributed by atoms with Gasteiger partial charge in [0.05, 0.1) is 12.5 Å². The van der Waals surface area contributed by atoms with E-state index < -0.39 is 0 Å². The molecule has 0 aromatic carbocycles. The molecule has 0 rings (SSSR count). The first-order valence-electron chi connectivity index (χ1n) is 5.74. The highest BCUT2D eigenvalue weighted by Crippen LogP contribution is 2.07. The second kappa shape index (κ2) is 7.84. The van der Waals surface area contributed by atoms with E-state index in [1.165, 1.54) is 6.42 Å². The first-order valence-corrected chi connectivity index (χ1v) is 5.74. The standard InChI is InChI=1S/C12H24O2/c1-5-11(4)12(13)14-9-7-6-8-10(2)3/h10-11H,5-9H2,1-4H3. The van der Waals surface area contributed by atoms with Crippen molar-refractivity contribution < 1.29 is 9.53 Å². The molecule has 0 aliphatic heterocycles. The zero-order chi connectivity index (χ0) is 11.0. The Balaban J connectivity index is 3.32. The molecule has 0 spiro atoms. The van der Waals surface area contributed by atoms with Crippen molar-refractivity contribution in [2.45, 2.75) is 53.4 Å². The third kappa shape index (κ3) is 6.93. The summed E-state index contributed by atoms with van der Waals surface area (Å²) in [6.07, 6.45) is 4.25. The van der Waals surface area contributed by atoms with Crippen LogP contribution in [0, 0.1) is 11.8 Å². The quantitative estimate of drug-likeness (QED) is 0.465. The third-order valence-corrected chi connectivity index (χ3v) is 2.43. The Morgan fingerprint density at radius 2 is 1.86 bits per heavy atom. The van der Waals surface area contributed by atoms with Crippen molar-refractivity contribution in [2.75, 3.05) is 6.61 Å². The van der Waals surface area contributed by atoms with Crippen LogP contribution >= 0.6 is 0 Å². The van der Waals surface area contributed by atoms with Gasteiger partial charge in [0, 0.05) is 0 Å². The van der Waals surface area contributed by atoms with Crippen LogP contribution in [0.5, 0.6) is 0 Å². The van der Waals surface area contributed by atoms with Gasteiger partial charge in [0.15, 0.2) is 0 Å². The number of hydrogen-bond donors (Lipinski definition) is 0. The normalized spacial score (nSPS) is 12.9. The fourth-order valence-corrected chi connectivity index (χ4v) is 1.14. The van der Waals surface area contributed by atoms with Gasteiger partial charge < -0.3 is 4.74 Å². The molecule has 0 aliphatic carbocycles. The molecule has 84 valence electrons. The van der Waals surface area contributed by atoms with E-state index in [9.17, 15) is 4.79 Å². The van der Waals surface area contributed by atoms with Crippen LogP contribution in [-0.4, -0.2) is 12.6 Å². The van der Waals surface area contributed by atoms with E-state index in [0.717, 1.165) is 25.2 Å². The molecular formula is C12H24O2. The van der Waals surface area contributed by atoms with E-state index in [-0.39, 0.29) is 11.9 Å². The van der Waals surface area contributed by atoms with E-state index in [0.29, 0.717) is 6.61 Å². The van der Waals surface area contributed by atoms with Crippen molar-refractivity contribution in [1.29, 1.82) is 0 Å². The lowest BCUT2D eigenvalue weighted by molar-refractivity contribution is -0.148. The van der Waals surface area contributed by atoms with E-state index in [1.807, 2.05) is 13.8 Å². The fourth-order valence-electron chi connectivity index (χ4n) is 1.14. The topological polar surface area (TPSA) is 26.3 Å². The molecule has 0 saturated heterocycles. The second-order valence-electron chi connectivity index (χ2n) is 4.37. The van der Waals surface area contributed by atoms with Crippen LogP contribution in [0.1, 0.15) is 53.4 Å². The van der Waals surface area contributed by atoms with E-state index >= 15 is 0 Å². The van der Waals surface area contributed by atoms with Crippen molar-refractivity contribution >= 4 is 5.97 Å². The number of carbonyl (C=O) groups is 1. The lowest BCUT2D eigenvalue weighted by Gasteiger charge is -2.09. The molecule has 2 nitrogen and oxygen atoms in total. The van der Waals surface area contributed by atoms with Gasteiger partial charge in [-0.15, -0.1) is 0 Å². The van der Waals surface area contributed by atoms with Crippen molar-refractivity contribution in [3.05, 3.63) is 0 Å². The van der Waals surface area contributed by atoms with E-state index in [1.54, 1.807) is 0 Å². The first-order chi connectivity index (χ1) is 6.57. The predicted molar refractivity (Wildman–Crippen MR) is 59.1 cm³/mol. The van der Waals surface area contributed by atoms with Crippen LogP contribution < -0.4 is 0 Å². The molecule has 0 heterocycles. The zero-order valence-electron chi connectivity index (χ0n) is 10.0. The molecular weight excluding hydrogens is 176 g/mol. The lowest BCUT2D eigenvalue weighted by Crippen LogP contribution is -2.14. The molecule has 0 aromatic heterocycles. The van der Waals surface area contributed by atoms with Crippen molar-refractivity contribution in [3.8, 4) is 0 Å². The fraction of sp³-hybridized carbons (Fsp3) is 0.917. The number of unbranched alkanes of at least 4 members (excludes halogenated alkanes) is 1. The first kappa shape index (κ1) is 13.5. The SMILES string of the molecule is CCC(C)C(=O)OCCCCC(C)C. The Kier molecular flexibility index (Phi) is 7.54. The molecule has 0 radical (unpaired) electrons. The van der Waals surface area contributed by atoms with Crippen molar-refractivity contribution in [3.63, 3.8) is 0 Å². The molecule has 0 amide bonds. The number of ether oxygens (including phenoxy) is 1. The monoisotopic (exact) mass is 200 g/mol. The molecule has 0 saturated carbocycles. The Hall–Kier alpha value is -0.530. The van der Waals surface area contributed by atoms with Gasteiger partial charge >= 0.3 is 5.97 Å². The summed E-state index contributed by atoms with van der Waals surface area (Å²) in [5, 5.41) is 0. The Labute approximate surface area is 88.0 Å². The minimum Gasteiger partial charge on any atom is -0.465 e. The van der Waals surface area contributed by atoms with Gasteiger partial charge in [0.2, 0.25) is 0 Å². The molecule has 1 unspecified atom stereocenters. The maximum atomic E-state index is 11.2. The van der Waals surface area contributed by atoms with Gasteiger partial charge in [0.25, 0.3) is 0 Å². The van der Waals surface area contributed by atoms with E-state index in [2.05, 4.69) is 13.8 Å². The van der Waals surface area contributed by atoms with Crippen LogP contribution in [0.4, 0.5) is 0 Å². The summed E-state index contributed by atoms with van der Waals surface area (Å²) in [5.74, 6) is 0.761. The van der Waals surface area contributed by atoms with Crippen LogP contribution in [0.25, 0.3) is 0 Å². The molecule has 2 heteroatoms. The van der Waals surface area contributed by atoms with Gasteiger partial charge in [-0.3, -0.25) is 4.79 Å². The molecule has 14 heavy (non-hydrogen) atoms. The molecule has 0 aliphatic rings.